The number of benzene rings is 2. The van der Waals surface area contributed by atoms with Gasteiger partial charge in [0.2, 0.25) is 0 Å². The maximum absolute atomic E-state index is 12.3. The van der Waals surface area contributed by atoms with Gasteiger partial charge in [-0.15, -0.1) is 0 Å². The zero-order chi connectivity index (χ0) is 15.2. The first-order valence-electron chi connectivity index (χ1n) is 6.86. The van der Waals surface area contributed by atoms with E-state index in [2.05, 4.69) is 5.32 Å². The van der Waals surface area contributed by atoms with Crippen LogP contribution in [0, 0.1) is 0 Å². The van der Waals surface area contributed by atoms with Crippen LogP contribution in [-0.4, -0.2) is 31.7 Å². The second-order valence-electron chi connectivity index (χ2n) is 5.06. The molecule has 1 amide bonds. The van der Waals surface area contributed by atoms with Crippen LogP contribution in [-0.2, 0) is 0 Å². The predicted octanol–water partition coefficient (Wildman–Crippen LogP) is 2.22. The normalized spacial score (nSPS) is 11.8. The zero-order valence-electron chi connectivity index (χ0n) is 12.3. The Balaban J connectivity index is 2.15. The Kier molecular flexibility index (Phi) is 4.95. The molecule has 1 atom stereocenters. The molecule has 110 valence electrons. The van der Waals surface area contributed by atoms with Crippen LogP contribution >= 0.6 is 0 Å². The first kappa shape index (κ1) is 15.1. The molecule has 4 nitrogen and oxygen atoms in total. The van der Waals surface area contributed by atoms with E-state index in [1.54, 1.807) is 6.07 Å². The Bertz CT molecular complexity index is 597. The molecule has 0 fully saturated rings. The highest BCUT2D eigenvalue weighted by atomic mass is 16.3. The molecule has 0 bridgehead atoms. The molecule has 0 spiro atoms. The summed E-state index contributed by atoms with van der Waals surface area (Å²) in [5, 5.41) is 12.4. The standard InChI is InChI=1S/C17H20N2O2/c1-19(2)15-10-6-9-14(11-15)17(21)18-16(12-20)13-7-4-3-5-8-13/h3-11,16,20H,12H2,1-2H3,(H,18,21). The van der Waals surface area contributed by atoms with Crippen molar-refractivity contribution in [1.29, 1.82) is 0 Å². The van der Waals surface area contributed by atoms with E-state index >= 15 is 0 Å². The predicted molar refractivity (Wildman–Crippen MR) is 84.5 cm³/mol. The fourth-order valence-electron chi connectivity index (χ4n) is 2.09. The lowest BCUT2D eigenvalue weighted by Gasteiger charge is -2.18. The largest absolute Gasteiger partial charge is 0.394 e. The van der Waals surface area contributed by atoms with E-state index in [1.165, 1.54) is 0 Å². The molecule has 0 aromatic heterocycles. The van der Waals surface area contributed by atoms with E-state index in [0.29, 0.717) is 5.56 Å². The number of anilines is 1. The molecule has 0 aliphatic heterocycles. The van der Waals surface area contributed by atoms with Gasteiger partial charge in [0.1, 0.15) is 0 Å². The molecule has 2 rings (SSSR count). The van der Waals surface area contributed by atoms with Crippen molar-refractivity contribution in [3.63, 3.8) is 0 Å². The van der Waals surface area contributed by atoms with E-state index in [9.17, 15) is 9.90 Å². The number of rotatable bonds is 5. The maximum atomic E-state index is 12.3. The van der Waals surface area contributed by atoms with Crippen molar-refractivity contribution in [1.82, 2.24) is 5.32 Å². The van der Waals surface area contributed by atoms with Crippen molar-refractivity contribution in [2.75, 3.05) is 25.6 Å². The minimum Gasteiger partial charge on any atom is -0.394 e. The smallest absolute Gasteiger partial charge is 0.251 e. The first-order chi connectivity index (χ1) is 10.1. The van der Waals surface area contributed by atoms with Crippen LogP contribution in [0.2, 0.25) is 0 Å². The number of nitrogens with zero attached hydrogens (tertiary/aromatic N) is 1. The second kappa shape index (κ2) is 6.90. The highest BCUT2D eigenvalue weighted by molar-refractivity contribution is 5.95. The van der Waals surface area contributed by atoms with Crippen molar-refractivity contribution >= 4 is 11.6 Å². The molecule has 0 saturated heterocycles. The van der Waals surface area contributed by atoms with Gasteiger partial charge in [-0.05, 0) is 23.8 Å². The number of aliphatic hydroxyl groups excluding tert-OH is 1. The average molecular weight is 284 g/mol. The molecule has 0 heterocycles. The van der Waals surface area contributed by atoms with Gasteiger partial charge in [0, 0.05) is 25.3 Å². The molecule has 0 aliphatic rings. The molecule has 1 unspecified atom stereocenters. The summed E-state index contributed by atoms with van der Waals surface area (Å²) in [5.41, 5.74) is 2.43. The lowest BCUT2D eigenvalue weighted by atomic mass is 10.1. The molecule has 2 aromatic carbocycles. The molecule has 4 heteroatoms. The first-order valence-corrected chi connectivity index (χ1v) is 6.86. The molecule has 0 saturated carbocycles. The van der Waals surface area contributed by atoms with Crippen molar-refractivity contribution in [2.45, 2.75) is 6.04 Å². The number of hydrogen-bond acceptors (Lipinski definition) is 3. The van der Waals surface area contributed by atoms with Gasteiger partial charge in [-0.2, -0.15) is 0 Å². The Morgan fingerprint density at radius 2 is 1.86 bits per heavy atom. The van der Waals surface area contributed by atoms with Crippen LogP contribution in [0.4, 0.5) is 5.69 Å². The van der Waals surface area contributed by atoms with Gasteiger partial charge in [-0.3, -0.25) is 4.79 Å². The van der Waals surface area contributed by atoms with Gasteiger partial charge >= 0.3 is 0 Å². The fourth-order valence-corrected chi connectivity index (χ4v) is 2.09. The van der Waals surface area contributed by atoms with Gasteiger partial charge in [0.05, 0.1) is 12.6 Å². The van der Waals surface area contributed by atoms with E-state index in [0.717, 1.165) is 11.3 Å². The van der Waals surface area contributed by atoms with Gasteiger partial charge < -0.3 is 15.3 Å². The number of hydrogen-bond donors (Lipinski definition) is 2. The third-order valence-electron chi connectivity index (χ3n) is 3.31. The number of amides is 1. The Morgan fingerprint density at radius 1 is 1.14 bits per heavy atom. The highest BCUT2D eigenvalue weighted by Crippen LogP contribution is 2.16. The third-order valence-corrected chi connectivity index (χ3v) is 3.31. The highest BCUT2D eigenvalue weighted by Gasteiger charge is 2.15. The van der Waals surface area contributed by atoms with E-state index in [4.69, 9.17) is 0 Å². The topological polar surface area (TPSA) is 52.6 Å². The van der Waals surface area contributed by atoms with Gasteiger partial charge in [0.25, 0.3) is 5.91 Å². The number of carbonyl (C=O) groups excluding carboxylic acids is 1. The summed E-state index contributed by atoms with van der Waals surface area (Å²) in [6, 6.07) is 16.4. The van der Waals surface area contributed by atoms with Crippen LogP contribution < -0.4 is 10.2 Å². The van der Waals surface area contributed by atoms with Crippen molar-refractivity contribution in [2.24, 2.45) is 0 Å². The van der Waals surface area contributed by atoms with Crippen molar-refractivity contribution in [3.05, 3.63) is 65.7 Å². The van der Waals surface area contributed by atoms with Crippen molar-refractivity contribution < 1.29 is 9.90 Å². The number of nitrogens with one attached hydrogen (secondary N) is 1. The van der Waals surface area contributed by atoms with Crippen LogP contribution in [0.25, 0.3) is 0 Å². The van der Waals surface area contributed by atoms with E-state index < -0.39 is 6.04 Å². The van der Waals surface area contributed by atoms with Gasteiger partial charge in [-0.25, -0.2) is 0 Å². The summed E-state index contributed by atoms with van der Waals surface area (Å²) in [5.74, 6) is -0.193. The molecule has 0 aliphatic carbocycles. The van der Waals surface area contributed by atoms with Gasteiger partial charge in [-0.1, -0.05) is 36.4 Å². The molecule has 0 radical (unpaired) electrons. The summed E-state index contributed by atoms with van der Waals surface area (Å²) in [6.07, 6.45) is 0. The molecular formula is C17H20N2O2. The van der Waals surface area contributed by atoms with E-state index in [-0.39, 0.29) is 12.5 Å². The van der Waals surface area contributed by atoms with Crippen LogP contribution in [0.15, 0.2) is 54.6 Å². The van der Waals surface area contributed by atoms with E-state index in [1.807, 2.05) is 67.5 Å². The summed E-state index contributed by atoms with van der Waals surface area (Å²) >= 11 is 0. The average Bonchev–Trinajstić information content (AvgIpc) is 2.53. The number of aliphatic hydroxyl groups is 1. The summed E-state index contributed by atoms with van der Waals surface area (Å²) in [6.45, 7) is -0.136. The summed E-state index contributed by atoms with van der Waals surface area (Å²) in [4.78, 5) is 14.3. The molecule has 21 heavy (non-hydrogen) atoms. The summed E-state index contributed by atoms with van der Waals surface area (Å²) < 4.78 is 0. The Labute approximate surface area is 125 Å². The lowest BCUT2D eigenvalue weighted by Crippen LogP contribution is -2.30. The van der Waals surface area contributed by atoms with Crippen LogP contribution in [0.3, 0.4) is 0 Å². The monoisotopic (exact) mass is 284 g/mol. The lowest BCUT2D eigenvalue weighted by molar-refractivity contribution is 0.0916. The quantitative estimate of drug-likeness (QED) is 0.885. The zero-order valence-corrected chi connectivity index (χ0v) is 12.3. The van der Waals surface area contributed by atoms with Crippen LogP contribution in [0.1, 0.15) is 22.0 Å². The molecule has 2 N–H and O–H groups in total. The van der Waals surface area contributed by atoms with Gasteiger partial charge in [0.15, 0.2) is 0 Å². The van der Waals surface area contributed by atoms with Crippen LogP contribution in [0.5, 0.6) is 0 Å². The number of carbonyl (C=O) groups is 1. The molecular weight excluding hydrogens is 264 g/mol. The fraction of sp³-hybridized carbons (Fsp3) is 0.235. The Hall–Kier alpha value is -2.33. The third kappa shape index (κ3) is 3.83. The SMILES string of the molecule is CN(C)c1cccc(C(=O)NC(CO)c2ccccc2)c1. The second-order valence-corrected chi connectivity index (χ2v) is 5.06. The summed E-state index contributed by atoms with van der Waals surface area (Å²) in [7, 11) is 3.86. The minimum absolute atomic E-state index is 0.136. The van der Waals surface area contributed by atoms with Crippen molar-refractivity contribution in [3.8, 4) is 0 Å². The molecule has 2 aromatic rings. The minimum atomic E-state index is -0.401. The maximum Gasteiger partial charge on any atom is 0.251 e. The Morgan fingerprint density at radius 3 is 2.48 bits per heavy atom.